The first-order valence-corrected chi connectivity index (χ1v) is 6.83. The van der Waals surface area contributed by atoms with Crippen LogP contribution >= 0.6 is 11.3 Å². The summed E-state index contributed by atoms with van der Waals surface area (Å²) < 4.78 is 0. The normalized spacial score (nSPS) is 22.8. The summed E-state index contributed by atoms with van der Waals surface area (Å²) >= 11 is 1.82. The average Bonchev–Trinajstić information content (AvgIpc) is 3.04. The molecule has 0 radical (unpaired) electrons. The van der Waals surface area contributed by atoms with E-state index in [-0.39, 0.29) is 0 Å². The van der Waals surface area contributed by atoms with Gasteiger partial charge in [-0.25, -0.2) is 0 Å². The van der Waals surface area contributed by atoms with E-state index in [9.17, 15) is 0 Å². The number of anilines is 1. The largest absolute Gasteiger partial charge is 0.347 e. The van der Waals surface area contributed by atoms with Crippen molar-refractivity contribution in [1.82, 2.24) is 10.2 Å². The van der Waals surface area contributed by atoms with E-state index in [1.54, 1.807) is 0 Å². The lowest BCUT2D eigenvalue weighted by Gasteiger charge is -2.17. The summed E-state index contributed by atoms with van der Waals surface area (Å²) in [6.45, 7) is 2.36. The van der Waals surface area contributed by atoms with Crippen molar-refractivity contribution in [3.8, 4) is 0 Å². The van der Waals surface area contributed by atoms with Crippen LogP contribution < -0.4 is 4.90 Å². The number of hydrogen-bond donors (Lipinski definition) is 0. The monoisotopic (exact) mass is 223 g/mol. The molecule has 3 nitrogen and oxygen atoms in total. The molecule has 1 saturated carbocycles. The van der Waals surface area contributed by atoms with Gasteiger partial charge in [0.2, 0.25) is 5.13 Å². The van der Waals surface area contributed by atoms with E-state index < -0.39 is 0 Å². The highest BCUT2D eigenvalue weighted by Crippen LogP contribution is 2.42. The fraction of sp³-hybridized carbons (Fsp3) is 0.818. The molecule has 15 heavy (non-hydrogen) atoms. The van der Waals surface area contributed by atoms with Crippen molar-refractivity contribution in [2.75, 3.05) is 18.0 Å². The summed E-state index contributed by atoms with van der Waals surface area (Å²) in [6.07, 6.45) is 8.05. The van der Waals surface area contributed by atoms with Gasteiger partial charge in [0.15, 0.2) is 0 Å². The molecular weight excluding hydrogens is 206 g/mol. The minimum Gasteiger partial charge on any atom is -0.347 e. The Bertz CT molecular complexity index is 324. The van der Waals surface area contributed by atoms with Crippen LogP contribution in [0.1, 0.15) is 49.5 Å². The highest BCUT2D eigenvalue weighted by Gasteiger charge is 2.28. The van der Waals surface area contributed by atoms with Crippen molar-refractivity contribution < 1.29 is 0 Å². The van der Waals surface area contributed by atoms with Crippen molar-refractivity contribution in [2.24, 2.45) is 0 Å². The third-order valence-electron chi connectivity index (χ3n) is 3.23. The molecule has 4 heteroatoms. The van der Waals surface area contributed by atoms with Crippen LogP contribution in [-0.2, 0) is 0 Å². The molecule has 82 valence electrons. The van der Waals surface area contributed by atoms with E-state index in [0.29, 0.717) is 0 Å². The zero-order valence-corrected chi connectivity index (χ0v) is 9.80. The standard InChI is InChI=1S/C11H17N3S/c1-2-4-8-14(7-3-1)11-13-12-10(15-11)9-5-6-9/h9H,1-8H2. The van der Waals surface area contributed by atoms with Crippen LogP contribution in [0.5, 0.6) is 0 Å². The van der Waals surface area contributed by atoms with Crippen LogP contribution in [0.3, 0.4) is 0 Å². The zero-order chi connectivity index (χ0) is 10.1. The number of aromatic nitrogens is 2. The first kappa shape index (κ1) is 9.58. The maximum Gasteiger partial charge on any atom is 0.208 e. The van der Waals surface area contributed by atoms with Gasteiger partial charge < -0.3 is 4.90 Å². The van der Waals surface area contributed by atoms with Crippen molar-refractivity contribution in [3.05, 3.63) is 5.01 Å². The van der Waals surface area contributed by atoms with Gasteiger partial charge in [0, 0.05) is 19.0 Å². The van der Waals surface area contributed by atoms with Crippen LogP contribution in [0.4, 0.5) is 5.13 Å². The van der Waals surface area contributed by atoms with Crippen LogP contribution in [0.15, 0.2) is 0 Å². The van der Waals surface area contributed by atoms with Gasteiger partial charge in [-0.05, 0) is 25.7 Å². The lowest BCUT2D eigenvalue weighted by atomic mass is 10.2. The van der Waals surface area contributed by atoms with E-state index in [0.717, 1.165) is 5.92 Å². The third kappa shape index (κ3) is 2.14. The molecule has 0 unspecified atom stereocenters. The lowest BCUT2D eigenvalue weighted by molar-refractivity contribution is 0.726. The van der Waals surface area contributed by atoms with Gasteiger partial charge in [-0.3, -0.25) is 0 Å². The van der Waals surface area contributed by atoms with Crippen LogP contribution in [-0.4, -0.2) is 23.3 Å². The van der Waals surface area contributed by atoms with Gasteiger partial charge >= 0.3 is 0 Å². The second-order valence-electron chi connectivity index (χ2n) is 4.60. The Kier molecular flexibility index (Phi) is 2.61. The molecule has 1 aliphatic heterocycles. The molecule has 1 saturated heterocycles. The Morgan fingerprint density at radius 3 is 2.40 bits per heavy atom. The SMILES string of the molecule is C1CCCN(c2nnc(C3CC3)s2)CC1. The molecule has 0 amide bonds. The van der Waals surface area contributed by atoms with E-state index in [4.69, 9.17) is 0 Å². The van der Waals surface area contributed by atoms with Gasteiger partial charge in [-0.2, -0.15) is 0 Å². The van der Waals surface area contributed by atoms with Gasteiger partial charge in [-0.15, -0.1) is 10.2 Å². The maximum absolute atomic E-state index is 4.34. The fourth-order valence-corrected chi connectivity index (χ4v) is 3.18. The molecule has 3 rings (SSSR count). The molecular formula is C11H17N3S. The Balaban J connectivity index is 1.72. The molecule has 0 spiro atoms. The summed E-state index contributed by atoms with van der Waals surface area (Å²) in [5.74, 6) is 0.753. The quantitative estimate of drug-likeness (QED) is 0.772. The second kappa shape index (κ2) is 4.08. The van der Waals surface area contributed by atoms with E-state index >= 15 is 0 Å². The summed E-state index contributed by atoms with van der Waals surface area (Å²) in [4.78, 5) is 2.43. The van der Waals surface area contributed by atoms with Crippen LogP contribution in [0.2, 0.25) is 0 Å². The van der Waals surface area contributed by atoms with Gasteiger partial charge in [0.25, 0.3) is 0 Å². The van der Waals surface area contributed by atoms with Gasteiger partial charge in [0.1, 0.15) is 5.01 Å². The summed E-state index contributed by atoms with van der Waals surface area (Å²) in [5, 5.41) is 11.1. The third-order valence-corrected chi connectivity index (χ3v) is 4.38. The Labute approximate surface area is 94.5 Å². The first-order valence-electron chi connectivity index (χ1n) is 6.02. The minimum absolute atomic E-state index is 0.753. The smallest absolute Gasteiger partial charge is 0.208 e. The zero-order valence-electron chi connectivity index (χ0n) is 8.98. The van der Waals surface area contributed by atoms with Crippen LogP contribution in [0, 0.1) is 0 Å². The highest BCUT2D eigenvalue weighted by molar-refractivity contribution is 7.15. The van der Waals surface area contributed by atoms with E-state index in [1.807, 2.05) is 11.3 Å². The van der Waals surface area contributed by atoms with E-state index in [2.05, 4.69) is 15.1 Å². The number of nitrogens with zero attached hydrogens (tertiary/aromatic N) is 3. The molecule has 1 aromatic heterocycles. The van der Waals surface area contributed by atoms with Crippen molar-refractivity contribution in [3.63, 3.8) is 0 Å². The molecule has 2 aliphatic rings. The molecule has 1 aliphatic carbocycles. The van der Waals surface area contributed by atoms with Crippen LogP contribution in [0.25, 0.3) is 0 Å². The minimum atomic E-state index is 0.753. The van der Waals surface area contributed by atoms with E-state index in [1.165, 1.54) is 61.8 Å². The fourth-order valence-electron chi connectivity index (χ4n) is 2.11. The molecule has 2 fully saturated rings. The van der Waals surface area contributed by atoms with Crippen molar-refractivity contribution >= 4 is 16.5 Å². The average molecular weight is 223 g/mol. The van der Waals surface area contributed by atoms with Crippen molar-refractivity contribution in [2.45, 2.75) is 44.4 Å². The Hall–Kier alpha value is -0.640. The highest BCUT2D eigenvalue weighted by atomic mass is 32.1. The number of rotatable bonds is 2. The molecule has 0 aromatic carbocycles. The summed E-state index contributed by atoms with van der Waals surface area (Å²) in [7, 11) is 0. The predicted molar refractivity (Wildman–Crippen MR) is 62.6 cm³/mol. The Morgan fingerprint density at radius 2 is 1.73 bits per heavy atom. The maximum atomic E-state index is 4.34. The molecule has 0 bridgehead atoms. The molecule has 0 N–H and O–H groups in total. The number of hydrogen-bond acceptors (Lipinski definition) is 4. The molecule has 1 aromatic rings. The summed E-state index contributed by atoms with van der Waals surface area (Å²) in [6, 6.07) is 0. The van der Waals surface area contributed by atoms with Crippen molar-refractivity contribution in [1.29, 1.82) is 0 Å². The predicted octanol–water partition coefficient (Wildman–Crippen LogP) is 2.80. The van der Waals surface area contributed by atoms with Gasteiger partial charge in [0.05, 0.1) is 0 Å². The lowest BCUT2D eigenvalue weighted by Crippen LogP contribution is -2.23. The molecule has 0 atom stereocenters. The molecule has 2 heterocycles. The summed E-state index contributed by atoms with van der Waals surface area (Å²) in [5.41, 5.74) is 0. The van der Waals surface area contributed by atoms with Gasteiger partial charge in [-0.1, -0.05) is 24.2 Å². The first-order chi connectivity index (χ1) is 7.43. The second-order valence-corrected chi connectivity index (χ2v) is 5.59. The Morgan fingerprint density at radius 1 is 1.00 bits per heavy atom. The topological polar surface area (TPSA) is 29.0 Å².